The number of benzene rings is 2. The highest BCUT2D eigenvalue weighted by molar-refractivity contribution is 5.94. The van der Waals surface area contributed by atoms with Crippen molar-refractivity contribution in [2.75, 3.05) is 26.4 Å². The third-order valence-corrected chi connectivity index (χ3v) is 4.19. The molecule has 2 aromatic rings. The zero-order valence-corrected chi connectivity index (χ0v) is 14.9. The molecule has 0 saturated carbocycles. The number of hydrogen-bond donors (Lipinski definition) is 1. The van der Waals surface area contributed by atoms with Crippen LogP contribution in [0, 0.1) is 0 Å². The van der Waals surface area contributed by atoms with E-state index < -0.39 is 0 Å². The molecule has 138 valence electrons. The molecule has 1 heterocycles. The Labute approximate surface area is 154 Å². The van der Waals surface area contributed by atoms with Gasteiger partial charge in [0.2, 0.25) is 0 Å². The second-order valence-corrected chi connectivity index (χ2v) is 6.24. The van der Waals surface area contributed by atoms with Crippen molar-refractivity contribution in [2.24, 2.45) is 0 Å². The van der Waals surface area contributed by atoms with E-state index in [9.17, 15) is 4.79 Å². The summed E-state index contributed by atoms with van der Waals surface area (Å²) in [6, 6.07) is 16.9. The Bertz CT molecular complexity index is 666. The summed E-state index contributed by atoms with van der Waals surface area (Å²) in [6.07, 6.45) is 3.09. The minimum Gasteiger partial charge on any atom is -0.494 e. The molecule has 1 unspecified atom stereocenters. The van der Waals surface area contributed by atoms with Gasteiger partial charge in [-0.2, -0.15) is 0 Å². The Morgan fingerprint density at radius 1 is 1.04 bits per heavy atom. The van der Waals surface area contributed by atoms with Crippen molar-refractivity contribution in [1.29, 1.82) is 0 Å². The van der Waals surface area contributed by atoms with Crippen molar-refractivity contribution in [3.8, 4) is 11.5 Å². The Hall–Kier alpha value is -2.53. The first-order valence-corrected chi connectivity index (χ1v) is 9.12. The van der Waals surface area contributed by atoms with Crippen LogP contribution >= 0.6 is 0 Å². The predicted molar refractivity (Wildman–Crippen MR) is 99.8 cm³/mol. The SMILES string of the molecule is O=C(NCCCOc1ccccc1)c1ccc(OCC2CCCO2)cc1. The summed E-state index contributed by atoms with van der Waals surface area (Å²) in [6.45, 7) is 2.53. The molecule has 1 N–H and O–H groups in total. The second kappa shape index (κ2) is 9.82. The van der Waals surface area contributed by atoms with Crippen molar-refractivity contribution in [2.45, 2.75) is 25.4 Å². The van der Waals surface area contributed by atoms with Crippen LogP contribution in [0.5, 0.6) is 11.5 Å². The number of nitrogens with one attached hydrogen (secondary N) is 1. The van der Waals surface area contributed by atoms with Crippen LogP contribution in [0.2, 0.25) is 0 Å². The Kier molecular flexibility index (Phi) is 6.90. The first-order chi connectivity index (χ1) is 12.8. The number of carbonyl (C=O) groups is 1. The van der Waals surface area contributed by atoms with Crippen LogP contribution in [0.3, 0.4) is 0 Å². The Morgan fingerprint density at radius 2 is 1.81 bits per heavy atom. The molecule has 1 atom stereocenters. The fourth-order valence-electron chi connectivity index (χ4n) is 2.75. The van der Waals surface area contributed by atoms with E-state index in [1.165, 1.54) is 0 Å². The van der Waals surface area contributed by atoms with Gasteiger partial charge in [0.15, 0.2) is 0 Å². The van der Waals surface area contributed by atoms with Crippen molar-refractivity contribution in [1.82, 2.24) is 5.32 Å². The number of rotatable bonds is 9. The largest absolute Gasteiger partial charge is 0.494 e. The molecular weight excluding hydrogens is 330 g/mol. The number of carbonyl (C=O) groups excluding carboxylic acids is 1. The van der Waals surface area contributed by atoms with Gasteiger partial charge in [-0.15, -0.1) is 0 Å². The average molecular weight is 355 g/mol. The minimum atomic E-state index is -0.0876. The highest BCUT2D eigenvalue weighted by Crippen LogP contribution is 2.16. The molecule has 5 nitrogen and oxygen atoms in total. The first-order valence-electron chi connectivity index (χ1n) is 9.12. The molecule has 5 heteroatoms. The van der Waals surface area contributed by atoms with E-state index in [-0.39, 0.29) is 12.0 Å². The van der Waals surface area contributed by atoms with Crippen LogP contribution in [0.4, 0.5) is 0 Å². The zero-order chi connectivity index (χ0) is 18.0. The van der Waals surface area contributed by atoms with Crippen LogP contribution in [-0.4, -0.2) is 38.4 Å². The van der Waals surface area contributed by atoms with Crippen LogP contribution < -0.4 is 14.8 Å². The van der Waals surface area contributed by atoms with E-state index in [4.69, 9.17) is 14.2 Å². The van der Waals surface area contributed by atoms with Gasteiger partial charge in [0.25, 0.3) is 5.91 Å². The summed E-state index contributed by atoms with van der Waals surface area (Å²) >= 11 is 0. The summed E-state index contributed by atoms with van der Waals surface area (Å²) in [5.74, 6) is 1.51. The number of para-hydroxylation sites is 1. The summed E-state index contributed by atoms with van der Waals surface area (Å²) in [5.41, 5.74) is 0.624. The van der Waals surface area contributed by atoms with Gasteiger partial charge >= 0.3 is 0 Å². The van der Waals surface area contributed by atoms with Gasteiger partial charge in [-0.1, -0.05) is 18.2 Å². The lowest BCUT2D eigenvalue weighted by Gasteiger charge is -2.12. The molecule has 1 saturated heterocycles. The minimum absolute atomic E-state index is 0.0876. The van der Waals surface area contributed by atoms with E-state index in [2.05, 4.69) is 5.32 Å². The van der Waals surface area contributed by atoms with Crippen LogP contribution in [0.25, 0.3) is 0 Å². The lowest BCUT2D eigenvalue weighted by Crippen LogP contribution is -2.25. The van der Waals surface area contributed by atoms with Gasteiger partial charge in [0.05, 0.1) is 12.7 Å². The molecule has 3 rings (SSSR count). The standard InChI is InChI=1S/C21H25NO4/c23-21(22-13-5-15-24-18-6-2-1-3-7-18)17-9-11-19(12-10-17)26-16-20-8-4-14-25-20/h1-3,6-7,9-12,20H,4-5,8,13-16H2,(H,22,23). The molecule has 0 radical (unpaired) electrons. The van der Waals surface area contributed by atoms with Crippen LogP contribution in [0.15, 0.2) is 54.6 Å². The van der Waals surface area contributed by atoms with Gasteiger partial charge < -0.3 is 19.5 Å². The topological polar surface area (TPSA) is 56.8 Å². The molecule has 0 aliphatic carbocycles. The predicted octanol–water partition coefficient (Wildman–Crippen LogP) is 3.44. The highest BCUT2D eigenvalue weighted by Gasteiger charge is 2.16. The monoisotopic (exact) mass is 355 g/mol. The van der Waals surface area contributed by atoms with Crippen molar-refractivity contribution < 1.29 is 19.0 Å². The van der Waals surface area contributed by atoms with Gasteiger partial charge in [-0.05, 0) is 55.7 Å². The summed E-state index contributed by atoms with van der Waals surface area (Å²) < 4.78 is 16.8. The van der Waals surface area contributed by atoms with E-state index in [1.807, 2.05) is 42.5 Å². The molecule has 0 spiro atoms. The number of hydrogen-bond acceptors (Lipinski definition) is 4. The maximum atomic E-state index is 12.1. The van der Waals surface area contributed by atoms with Gasteiger partial charge in [-0.3, -0.25) is 4.79 Å². The fraction of sp³-hybridized carbons (Fsp3) is 0.381. The second-order valence-electron chi connectivity index (χ2n) is 6.24. The van der Waals surface area contributed by atoms with Gasteiger partial charge in [0, 0.05) is 18.7 Å². The summed E-state index contributed by atoms with van der Waals surface area (Å²) in [5, 5.41) is 2.90. The van der Waals surface area contributed by atoms with Gasteiger partial charge in [0.1, 0.15) is 18.1 Å². The van der Waals surface area contributed by atoms with Crippen molar-refractivity contribution in [3.05, 3.63) is 60.2 Å². The zero-order valence-electron chi connectivity index (χ0n) is 14.9. The molecule has 0 aromatic heterocycles. The van der Waals surface area contributed by atoms with E-state index in [0.29, 0.717) is 25.3 Å². The quantitative estimate of drug-likeness (QED) is 0.700. The van der Waals surface area contributed by atoms with Gasteiger partial charge in [-0.25, -0.2) is 0 Å². The first kappa shape index (κ1) is 18.3. The molecule has 2 aromatic carbocycles. The fourth-order valence-corrected chi connectivity index (χ4v) is 2.75. The summed E-state index contributed by atoms with van der Waals surface area (Å²) in [7, 11) is 0. The van der Waals surface area contributed by atoms with E-state index >= 15 is 0 Å². The van der Waals surface area contributed by atoms with E-state index in [0.717, 1.165) is 37.4 Å². The van der Waals surface area contributed by atoms with Crippen LogP contribution in [-0.2, 0) is 4.74 Å². The van der Waals surface area contributed by atoms with E-state index in [1.54, 1.807) is 12.1 Å². The molecule has 1 aliphatic rings. The molecule has 1 aliphatic heterocycles. The van der Waals surface area contributed by atoms with Crippen molar-refractivity contribution in [3.63, 3.8) is 0 Å². The highest BCUT2D eigenvalue weighted by atomic mass is 16.5. The number of ether oxygens (including phenoxy) is 3. The van der Waals surface area contributed by atoms with Crippen LogP contribution in [0.1, 0.15) is 29.6 Å². The molecular formula is C21H25NO4. The average Bonchev–Trinajstić information content (AvgIpc) is 3.21. The Balaban J connectivity index is 1.33. The molecule has 26 heavy (non-hydrogen) atoms. The maximum absolute atomic E-state index is 12.1. The molecule has 0 bridgehead atoms. The smallest absolute Gasteiger partial charge is 0.251 e. The van der Waals surface area contributed by atoms with Crippen molar-refractivity contribution >= 4 is 5.91 Å². The Morgan fingerprint density at radius 3 is 2.54 bits per heavy atom. The maximum Gasteiger partial charge on any atom is 0.251 e. The lowest BCUT2D eigenvalue weighted by atomic mass is 10.2. The summed E-state index contributed by atoms with van der Waals surface area (Å²) in [4.78, 5) is 12.1. The normalized spacial score (nSPS) is 16.2. The molecule has 1 fully saturated rings. The molecule has 1 amide bonds. The number of amides is 1. The third-order valence-electron chi connectivity index (χ3n) is 4.19. The third kappa shape index (κ3) is 5.77. The lowest BCUT2D eigenvalue weighted by molar-refractivity contribution is 0.0679.